The Kier molecular flexibility index (Phi) is 4.08. The molecule has 4 nitrogen and oxygen atoms in total. The van der Waals surface area contributed by atoms with E-state index >= 15 is 0 Å². The van der Waals surface area contributed by atoms with Gasteiger partial charge in [-0.25, -0.2) is 0 Å². The largest absolute Gasteiger partial charge is 0.178 e. The fraction of sp³-hybridized carbons (Fsp3) is 0.423. The number of benzene rings is 2. The van der Waals surface area contributed by atoms with Crippen LogP contribution in [0.15, 0.2) is 48.6 Å². The predicted molar refractivity (Wildman–Crippen MR) is 120 cm³/mol. The molecule has 2 aromatic carbocycles. The van der Waals surface area contributed by atoms with E-state index in [1.807, 2.05) is 0 Å². The van der Waals surface area contributed by atoms with Gasteiger partial charge >= 0.3 is 0 Å². The van der Waals surface area contributed by atoms with Crippen molar-refractivity contribution in [3.8, 4) is 0 Å². The Bertz CT molecular complexity index is 1110. The first-order valence-electron chi connectivity index (χ1n) is 10.9. The van der Waals surface area contributed by atoms with Crippen molar-refractivity contribution in [3.63, 3.8) is 0 Å². The van der Waals surface area contributed by atoms with E-state index in [0.29, 0.717) is 6.42 Å². The summed E-state index contributed by atoms with van der Waals surface area (Å²) in [4.78, 5) is 0. The lowest BCUT2D eigenvalue weighted by Gasteiger charge is -2.38. The fourth-order valence-electron chi connectivity index (χ4n) is 5.11. The Labute approximate surface area is 178 Å². The van der Waals surface area contributed by atoms with Crippen LogP contribution in [0.1, 0.15) is 79.7 Å². The average molecular weight is 399 g/mol. The number of allylic oxidation sites excluding steroid dienone is 2. The van der Waals surface area contributed by atoms with Gasteiger partial charge in [-0.15, -0.1) is 10.2 Å². The molecule has 5 rings (SSSR count). The van der Waals surface area contributed by atoms with Crippen molar-refractivity contribution in [1.82, 2.24) is 20.6 Å². The summed E-state index contributed by atoms with van der Waals surface area (Å²) in [5.41, 5.74) is 8.83. The van der Waals surface area contributed by atoms with E-state index in [1.165, 1.54) is 46.2 Å². The molecule has 0 aliphatic heterocycles. The van der Waals surface area contributed by atoms with Gasteiger partial charge in [-0.2, -0.15) is 5.21 Å². The molecular formula is C26H30N4. The molecule has 0 amide bonds. The molecule has 0 saturated heterocycles. The second-order valence-corrected chi connectivity index (χ2v) is 10.3. The average Bonchev–Trinajstić information content (AvgIpc) is 3.35. The highest BCUT2D eigenvalue weighted by molar-refractivity contribution is 5.57. The number of aryl methyl sites for hydroxylation is 1. The Hall–Kier alpha value is -2.75. The molecule has 1 saturated carbocycles. The molecular weight excluding hydrogens is 368 g/mol. The lowest BCUT2D eigenvalue weighted by molar-refractivity contribution is 0.560. The zero-order chi connectivity index (χ0) is 21.1. The van der Waals surface area contributed by atoms with E-state index in [1.54, 1.807) is 0 Å². The molecule has 30 heavy (non-hydrogen) atoms. The summed E-state index contributed by atoms with van der Waals surface area (Å²) < 4.78 is 0. The third kappa shape index (κ3) is 3.01. The molecule has 4 heteroatoms. The first kappa shape index (κ1) is 19.2. The minimum Gasteiger partial charge on any atom is -0.177 e. The maximum absolute atomic E-state index is 4.07. The van der Waals surface area contributed by atoms with Gasteiger partial charge in [-0.1, -0.05) is 81.5 Å². The minimum absolute atomic E-state index is 0.0673. The summed E-state index contributed by atoms with van der Waals surface area (Å²) in [6, 6.07) is 14.0. The van der Waals surface area contributed by atoms with E-state index in [2.05, 4.69) is 104 Å². The van der Waals surface area contributed by atoms with Crippen LogP contribution in [-0.2, 0) is 22.7 Å². The molecule has 2 aliphatic rings. The zero-order valence-electron chi connectivity index (χ0n) is 18.6. The number of H-pyrrole nitrogens is 1. The zero-order valence-corrected chi connectivity index (χ0v) is 18.6. The summed E-state index contributed by atoms with van der Waals surface area (Å²) in [6.45, 7) is 11.6. The smallest absolute Gasteiger partial charge is 0.177 e. The first-order chi connectivity index (χ1) is 14.2. The maximum Gasteiger partial charge on any atom is 0.178 e. The van der Waals surface area contributed by atoms with Gasteiger partial charge in [0.1, 0.15) is 0 Å². The van der Waals surface area contributed by atoms with Crippen molar-refractivity contribution in [2.45, 2.75) is 70.1 Å². The molecule has 1 fully saturated rings. The Morgan fingerprint density at radius 1 is 0.867 bits per heavy atom. The number of fused-ring (bicyclic) bond motifs is 1. The number of rotatable bonds is 4. The van der Waals surface area contributed by atoms with Crippen LogP contribution in [0.5, 0.6) is 0 Å². The van der Waals surface area contributed by atoms with Gasteiger partial charge in [-0.05, 0) is 53.1 Å². The van der Waals surface area contributed by atoms with Crippen molar-refractivity contribution in [1.29, 1.82) is 0 Å². The number of nitrogens with one attached hydrogen (secondary N) is 1. The molecule has 1 N–H and O–H groups in total. The topological polar surface area (TPSA) is 54.5 Å². The van der Waals surface area contributed by atoms with Gasteiger partial charge in [0, 0.05) is 22.7 Å². The van der Waals surface area contributed by atoms with E-state index in [-0.39, 0.29) is 16.2 Å². The predicted octanol–water partition coefficient (Wildman–Crippen LogP) is 5.30. The van der Waals surface area contributed by atoms with Gasteiger partial charge in [-0.3, -0.25) is 0 Å². The van der Waals surface area contributed by atoms with E-state index in [0.717, 1.165) is 5.82 Å². The van der Waals surface area contributed by atoms with Crippen molar-refractivity contribution in [3.05, 3.63) is 87.8 Å². The molecule has 1 aromatic heterocycles. The lowest BCUT2D eigenvalue weighted by Crippen LogP contribution is -2.30. The van der Waals surface area contributed by atoms with Crippen LogP contribution in [-0.4, -0.2) is 20.6 Å². The van der Waals surface area contributed by atoms with E-state index in [4.69, 9.17) is 0 Å². The van der Waals surface area contributed by atoms with Crippen LogP contribution in [0.3, 0.4) is 0 Å². The molecule has 2 aliphatic carbocycles. The second kappa shape index (κ2) is 6.37. The highest BCUT2D eigenvalue weighted by atomic mass is 15.5. The number of nitrogens with zero attached hydrogens (tertiary/aromatic N) is 3. The molecule has 0 bridgehead atoms. The van der Waals surface area contributed by atoms with Crippen LogP contribution in [0, 0.1) is 6.92 Å². The summed E-state index contributed by atoms with van der Waals surface area (Å²) in [5, 5.41) is 14.3. The standard InChI is InChI=1S/C26H30N4/c1-17-14-21-22(25(4,5)11-10-24(21,2)3)16-20(17)26(12-13-26)19-8-6-18(7-9-19)15-23-27-29-30-28-23/h6-11,14,16H,12-13,15H2,1-5H3,(H,27,28,29,30). The van der Waals surface area contributed by atoms with Crippen molar-refractivity contribution in [2.75, 3.05) is 0 Å². The Balaban J connectivity index is 1.53. The highest BCUT2D eigenvalue weighted by Crippen LogP contribution is 2.56. The number of hydrogen-bond donors (Lipinski definition) is 1. The Morgan fingerprint density at radius 3 is 2.07 bits per heavy atom. The molecule has 0 spiro atoms. The molecule has 0 atom stereocenters. The second-order valence-electron chi connectivity index (χ2n) is 10.3. The number of aromatic amines is 1. The monoisotopic (exact) mass is 398 g/mol. The van der Waals surface area contributed by atoms with Crippen LogP contribution >= 0.6 is 0 Å². The van der Waals surface area contributed by atoms with Gasteiger partial charge < -0.3 is 0 Å². The SMILES string of the molecule is Cc1cc2c(cc1C1(c3ccc(Cc4nn[nH]n4)cc3)CC1)C(C)(C)C=CC2(C)C. The molecule has 1 heterocycles. The summed E-state index contributed by atoms with van der Waals surface area (Å²) in [5.74, 6) is 0.729. The quantitative estimate of drug-likeness (QED) is 0.607. The lowest BCUT2D eigenvalue weighted by atomic mass is 9.66. The molecule has 0 radical (unpaired) electrons. The fourth-order valence-corrected chi connectivity index (χ4v) is 5.11. The van der Waals surface area contributed by atoms with E-state index < -0.39 is 0 Å². The Morgan fingerprint density at radius 2 is 1.50 bits per heavy atom. The number of tetrazole rings is 1. The first-order valence-corrected chi connectivity index (χ1v) is 10.9. The van der Waals surface area contributed by atoms with Gasteiger partial charge in [0.05, 0.1) is 0 Å². The third-order valence-electron chi connectivity index (χ3n) is 7.19. The highest BCUT2D eigenvalue weighted by Gasteiger charge is 2.47. The van der Waals surface area contributed by atoms with Crippen LogP contribution < -0.4 is 0 Å². The van der Waals surface area contributed by atoms with Gasteiger partial charge in [0.2, 0.25) is 0 Å². The minimum atomic E-state index is 0.0673. The van der Waals surface area contributed by atoms with Crippen molar-refractivity contribution < 1.29 is 0 Å². The van der Waals surface area contributed by atoms with Crippen LogP contribution in [0.2, 0.25) is 0 Å². The summed E-state index contributed by atoms with van der Waals surface area (Å²) in [6.07, 6.45) is 7.91. The van der Waals surface area contributed by atoms with Crippen LogP contribution in [0.25, 0.3) is 0 Å². The van der Waals surface area contributed by atoms with E-state index in [9.17, 15) is 0 Å². The van der Waals surface area contributed by atoms with Crippen LogP contribution in [0.4, 0.5) is 0 Å². The molecule has 3 aromatic rings. The molecule has 154 valence electrons. The number of hydrogen-bond acceptors (Lipinski definition) is 3. The summed E-state index contributed by atoms with van der Waals surface area (Å²) in [7, 11) is 0. The maximum atomic E-state index is 4.07. The van der Waals surface area contributed by atoms with Gasteiger partial charge in [0.15, 0.2) is 5.82 Å². The summed E-state index contributed by atoms with van der Waals surface area (Å²) >= 11 is 0. The normalized spacial score (nSPS) is 20.0. The van der Waals surface area contributed by atoms with Crippen molar-refractivity contribution >= 4 is 0 Å². The van der Waals surface area contributed by atoms with Gasteiger partial charge in [0.25, 0.3) is 0 Å². The molecule has 0 unspecified atom stereocenters. The third-order valence-corrected chi connectivity index (χ3v) is 7.19. The number of aromatic nitrogens is 4. The van der Waals surface area contributed by atoms with Crippen molar-refractivity contribution in [2.24, 2.45) is 0 Å².